The van der Waals surface area contributed by atoms with E-state index in [1.165, 1.54) is 0 Å². The molecule has 0 aliphatic rings. The second-order valence-electron chi connectivity index (χ2n) is 2.33. The first-order valence-corrected chi connectivity index (χ1v) is 5.71. The number of benzene rings is 1. The van der Waals surface area contributed by atoms with Crippen molar-refractivity contribution < 1.29 is 4.79 Å². The Bertz CT molecular complexity index is 330. The number of nitrogens with one attached hydrogen (secondary N) is 1. The van der Waals surface area contributed by atoms with E-state index in [-0.39, 0.29) is 11.7 Å². The van der Waals surface area contributed by atoms with E-state index >= 15 is 0 Å². The number of halogens is 2. The monoisotopic (exact) mass is 323 g/mol. The van der Waals surface area contributed by atoms with Gasteiger partial charge in [0.05, 0.1) is 11.4 Å². The zero-order valence-corrected chi connectivity index (χ0v) is 10.6. The average molecular weight is 325 g/mol. The third kappa shape index (κ3) is 3.32. The molecule has 0 radical (unpaired) electrons. The van der Waals surface area contributed by atoms with Crippen molar-refractivity contribution in [2.24, 2.45) is 0 Å². The van der Waals surface area contributed by atoms with Crippen molar-refractivity contribution in [3.63, 3.8) is 0 Å². The van der Waals surface area contributed by atoms with E-state index in [2.05, 4.69) is 49.8 Å². The fourth-order valence-electron chi connectivity index (χ4n) is 0.781. The summed E-state index contributed by atoms with van der Waals surface area (Å²) >= 11 is 10.5. The molecule has 1 aromatic carbocycles. The second-order valence-corrected chi connectivity index (χ2v) is 4.42. The molecular formula is C8H7Br2NOS. The van der Waals surface area contributed by atoms with Crippen LogP contribution >= 0.6 is 44.5 Å². The van der Waals surface area contributed by atoms with Gasteiger partial charge in [-0.1, -0.05) is 15.9 Å². The summed E-state index contributed by atoms with van der Waals surface area (Å²) in [5, 5.41) is 2.70. The predicted octanol–water partition coefficient (Wildman–Crippen LogP) is 3.08. The third-order valence-electron chi connectivity index (χ3n) is 1.35. The molecule has 1 aromatic rings. The molecule has 1 rings (SSSR count). The van der Waals surface area contributed by atoms with Crippen molar-refractivity contribution in [2.75, 3.05) is 11.1 Å². The molecule has 0 aliphatic carbocycles. The summed E-state index contributed by atoms with van der Waals surface area (Å²) in [4.78, 5) is 11.0. The SMILES string of the molecule is O=C(CS)Nc1ccc(Br)cc1Br. The van der Waals surface area contributed by atoms with Gasteiger partial charge in [-0.2, -0.15) is 12.6 Å². The van der Waals surface area contributed by atoms with Gasteiger partial charge in [-0.3, -0.25) is 4.79 Å². The van der Waals surface area contributed by atoms with Crippen LogP contribution in [0.25, 0.3) is 0 Å². The maximum Gasteiger partial charge on any atom is 0.234 e. The van der Waals surface area contributed by atoms with Crippen LogP contribution in [0.3, 0.4) is 0 Å². The maximum atomic E-state index is 11.0. The first-order chi connectivity index (χ1) is 6.13. The molecule has 0 saturated heterocycles. The van der Waals surface area contributed by atoms with E-state index in [1.54, 1.807) is 0 Å². The standard InChI is InChI=1S/C8H7Br2NOS/c9-5-1-2-7(6(10)3-5)11-8(12)4-13/h1-3,13H,4H2,(H,11,12). The highest BCUT2D eigenvalue weighted by Crippen LogP contribution is 2.25. The first-order valence-electron chi connectivity index (χ1n) is 3.49. The van der Waals surface area contributed by atoms with Crippen LogP contribution in [0.2, 0.25) is 0 Å². The molecule has 70 valence electrons. The van der Waals surface area contributed by atoms with Gasteiger partial charge in [-0.25, -0.2) is 0 Å². The number of hydrogen-bond donors (Lipinski definition) is 2. The van der Waals surface area contributed by atoms with E-state index in [1.807, 2.05) is 18.2 Å². The third-order valence-corrected chi connectivity index (χ3v) is 2.79. The van der Waals surface area contributed by atoms with Crippen LogP contribution in [0.5, 0.6) is 0 Å². The van der Waals surface area contributed by atoms with Crippen molar-refractivity contribution in [1.29, 1.82) is 0 Å². The molecule has 0 atom stereocenters. The first kappa shape index (κ1) is 11.1. The summed E-state index contributed by atoms with van der Waals surface area (Å²) in [6.07, 6.45) is 0. The zero-order chi connectivity index (χ0) is 9.84. The Hall–Kier alpha value is -0.000000000000000111. The molecule has 0 aromatic heterocycles. The summed E-state index contributed by atoms with van der Waals surface area (Å²) < 4.78 is 1.81. The molecule has 13 heavy (non-hydrogen) atoms. The van der Waals surface area contributed by atoms with Gasteiger partial charge >= 0.3 is 0 Å². The lowest BCUT2D eigenvalue weighted by molar-refractivity contribution is -0.113. The van der Waals surface area contributed by atoms with Gasteiger partial charge in [0.25, 0.3) is 0 Å². The van der Waals surface area contributed by atoms with Gasteiger partial charge < -0.3 is 5.32 Å². The maximum absolute atomic E-state index is 11.0. The van der Waals surface area contributed by atoms with Crippen LogP contribution in [0.1, 0.15) is 0 Å². The molecule has 0 saturated carbocycles. The highest BCUT2D eigenvalue weighted by molar-refractivity contribution is 9.11. The number of hydrogen-bond acceptors (Lipinski definition) is 2. The molecule has 0 aliphatic heterocycles. The number of carbonyl (C=O) groups excluding carboxylic acids is 1. The molecule has 2 nitrogen and oxygen atoms in total. The second kappa shape index (κ2) is 5.02. The lowest BCUT2D eigenvalue weighted by Gasteiger charge is -2.05. The Labute approximate surface area is 98.8 Å². The van der Waals surface area contributed by atoms with E-state index in [9.17, 15) is 4.79 Å². The minimum absolute atomic E-state index is 0.119. The molecule has 0 spiro atoms. The van der Waals surface area contributed by atoms with E-state index in [0.29, 0.717) is 0 Å². The molecule has 0 unspecified atom stereocenters. The molecule has 0 fully saturated rings. The van der Waals surface area contributed by atoms with Crippen molar-refractivity contribution in [3.05, 3.63) is 27.1 Å². The van der Waals surface area contributed by atoms with E-state index in [4.69, 9.17) is 0 Å². The van der Waals surface area contributed by atoms with Gasteiger partial charge in [-0.05, 0) is 34.1 Å². The van der Waals surface area contributed by atoms with Crippen LogP contribution in [-0.4, -0.2) is 11.7 Å². The van der Waals surface area contributed by atoms with Gasteiger partial charge in [0, 0.05) is 8.95 Å². The van der Waals surface area contributed by atoms with Crippen LogP contribution in [0, 0.1) is 0 Å². The van der Waals surface area contributed by atoms with Crippen molar-refractivity contribution in [3.8, 4) is 0 Å². The van der Waals surface area contributed by atoms with Gasteiger partial charge in [-0.15, -0.1) is 0 Å². The lowest BCUT2D eigenvalue weighted by Crippen LogP contribution is -2.12. The highest BCUT2D eigenvalue weighted by Gasteiger charge is 2.03. The molecule has 1 N–H and O–H groups in total. The number of anilines is 1. The quantitative estimate of drug-likeness (QED) is 0.804. The van der Waals surface area contributed by atoms with Crippen molar-refractivity contribution in [2.45, 2.75) is 0 Å². The van der Waals surface area contributed by atoms with Crippen LogP contribution in [-0.2, 0) is 4.79 Å². The average Bonchev–Trinajstić information content (AvgIpc) is 2.09. The van der Waals surface area contributed by atoms with Crippen LogP contribution in [0.4, 0.5) is 5.69 Å². The van der Waals surface area contributed by atoms with Crippen LogP contribution in [0.15, 0.2) is 27.1 Å². The van der Waals surface area contributed by atoms with Crippen LogP contribution < -0.4 is 5.32 Å². The minimum atomic E-state index is -0.119. The smallest absolute Gasteiger partial charge is 0.234 e. The highest BCUT2D eigenvalue weighted by atomic mass is 79.9. The Morgan fingerprint density at radius 1 is 1.46 bits per heavy atom. The Kier molecular flexibility index (Phi) is 4.28. The topological polar surface area (TPSA) is 29.1 Å². The number of rotatable bonds is 2. The summed E-state index contributed by atoms with van der Waals surface area (Å²) in [6, 6.07) is 5.54. The van der Waals surface area contributed by atoms with E-state index in [0.717, 1.165) is 14.6 Å². The number of amides is 1. The van der Waals surface area contributed by atoms with Gasteiger partial charge in [0.15, 0.2) is 0 Å². The van der Waals surface area contributed by atoms with E-state index < -0.39 is 0 Å². The fourth-order valence-corrected chi connectivity index (χ4v) is 2.01. The van der Waals surface area contributed by atoms with Gasteiger partial charge in [0.1, 0.15) is 0 Å². The fraction of sp³-hybridized carbons (Fsp3) is 0.125. The van der Waals surface area contributed by atoms with Crippen molar-refractivity contribution >= 4 is 56.1 Å². The van der Waals surface area contributed by atoms with Crippen molar-refractivity contribution in [1.82, 2.24) is 0 Å². The Morgan fingerprint density at radius 2 is 2.15 bits per heavy atom. The predicted molar refractivity (Wildman–Crippen MR) is 64.3 cm³/mol. The molecule has 0 heterocycles. The Balaban J connectivity index is 2.83. The normalized spacial score (nSPS) is 9.77. The lowest BCUT2D eigenvalue weighted by atomic mass is 10.3. The summed E-state index contributed by atoms with van der Waals surface area (Å²) in [6.45, 7) is 0. The zero-order valence-electron chi connectivity index (χ0n) is 6.55. The summed E-state index contributed by atoms with van der Waals surface area (Å²) in [7, 11) is 0. The molecular weight excluding hydrogens is 318 g/mol. The molecule has 0 bridgehead atoms. The molecule has 1 amide bonds. The summed E-state index contributed by atoms with van der Waals surface area (Å²) in [5.41, 5.74) is 0.752. The number of carbonyl (C=O) groups is 1. The summed E-state index contributed by atoms with van der Waals surface area (Å²) in [5.74, 6) is 0.0639. The number of thiol groups is 1. The Morgan fingerprint density at radius 3 is 2.69 bits per heavy atom. The molecule has 5 heteroatoms. The van der Waals surface area contributed by atoms with Gasteiger partial charge in [0.2, 0.25) is 5.91 Å². The minimum Gasteiger partial charge on any atom is -0.324 e. The largest absolute Gasteiger partial charge is 0.324 e.